The van der Waals surface area contributed by atoms with E-state index >= 15 is 0 Å². The standard InChI is InChI=1S/C14H20IN3O3/c1-14(2,3)21-13(20)16-5-4-10-7-17-12(19)11-6-9(15)8-18(10)11/h6,8,10H,4-5,7H2,1-3H3,(H,16,20)(H,17,19)/t10-/m0/s1. The molecule has 0 aliphatic carbocycles. The van der Waals surface area contributed by atoms with Crippen molar-refractivity contribution in [3.05, 3.63) is 21.5 Å². The molecule has 21 heavy (non-hydrogen) atoms. The topological polar surface area (TPSA) is 72.4 Å². The molecule has 1 aromatic rings. The van der Waals surface area contributed by atoms with Crippen LogP contribution in [0.3, 0.4) is 0 Å². The molecule has 0 saturated carbocycles. The molecule has 0 unspecified atom stereocenters. The van der Waals surface area contributed by atoms with Crippen LogP contribution in [0.4, 0.5) is 4.79 Å². The van der Waals surface area contributed by atoms with Gasteiger partial charge in [0.15, 0.2) is 0 Å². The minimum atomic E-state index is -0.493. The minimum absolute atomic E-state index is 0.0470. The van der Waals surface area contributed by atoms with Crippen LogP contribution < -0.4 is 10.6 Å². The molecule has 1 aromatic heterocycles. The van der Waals surface area contributed by atoms with Crippen LogP contribution in [0.15, 0.2) is 12.3 Å². The molecule has 2 amide bonds. The highest BCUT2D eigenvalue weighted by Gasteiger charge is 2.25. The number of hydrogen-bond acceptors (Lipinski definition) is 3. The fourth-order valence-electron chi connectivity index (χ4n) is 2.23. The van der Waals surface area contributed by atoms with E-state index in [2.05, 4.69) is 33.2 Å². The van der Waals surface area contributed by atoms with Crippen LogP contribution in [0.2, 0.25) is 0 Å². The predicted molar refractivity (Wildman–Crippen MR) is 87.4 cm³/mol. The van der Waals surface area contributed by atoms with Crippen LogP contribution in [0.1, 0.15) is 43.7 Å². The largest absolute Gasteiger partial charge is 0.444 e. The Balaban J connectivity index is 1.89. The maximum atomic E-state index is 11.8. The quantitative estimate of drug-likeness (QED) is 0.759. The highest BCUT2D eigenvalue weighted by molar-refractivity contribution is 14.1. The van der Waals surface area contributed by atoms with Gasteiger partial charge >= 0.3 is 6.09 Å². The number of ether oxygens (including phenoxy) is 1. The number of alkyl carbamates (subject to hydrolysis) is 1. The molecule has 6 nitrogen and oxygen atoms in total. The maximum absolute atomic E-state index is 11.8. The number of nitrogens with zero attached hydrogens (tertiary/aromatic N) is 1. The third-order valence-electron chi connectivity index (χ3n) is 3.09. The molecule has 1 aliphatic rings. The van der Waals surface area contributed by atoms with Crippen molar-refractivity contribution >= 4 is 34.6 Å². The normalized spacial score (nSPS) is 17.9. The lowest BCUT2D eigenvalue weighted by Gasteiger charge is -2.26. The van der Waals surface area contributed by atoms with Gasteiger partial charge in [-0.3, -0.25) is 4.79 Å². The summed E-state index contributed by atoms with van der Waals surface area (Å²) in [6.07, 6.45) is 2.29. The summed E-state index contributed by atoms with van der Waals surface area (Å²) in [5.41, 5.74) is 0.181. The van der Waals surface area contributed by atoms with Gasteiger partial charge < -0.3 is 19.9 Å². The van der Waals surface area contributed by atoms with Crippen LogP contribution in [0.5, 0.6) is 0 Å². The van der Waals surface area contributed by atoms with Crippen LogP contribution in [-0.2, 0) is 4.74 Å². The average Bonchev–Trinajstić information content (AvgIpc) is 2.72. The minimum Gasteiger partial charge on any atom is -0.444 e. The Kier molecular flexibility index (Phi) is 4.80. The number of carbonyl (C=O) groups excluding carboxylic acids is 2. The number of carbonyl (C=O) groups is 2. The average molecular weight is 405 g/mol. The van der Waals surface area contributed by atoms with E-state index in [1.54, 1.807) is 0 Å². The van der Waals surface area contributed by atoms with Crippen LogP contribution in [0, 0.1) is 3.57 Å². The van der Waals surface area contributed by atoms with Gasteiger partial charge in [-0.05, 0) is 55.8 Å². The number of amides is 2. The van der Waals surface area contributed by atoms with E-state index in [9.17, 15) is 9.59 Å². The fourth-order valence-corrected chi connectivity index (χ4v) is 2.82. The van der Waals surface area contributed by atoms with Gasteiger partial charge in [-0.1, -0.05) is 0 Å². The molecule has 0 radical (unpaired) electrons. The van der Waals surface area contributed by atoms with E-state index in [1.165, 1.54) is 0 Å². The summed E-state index contributed by atoms with van der Waals surface area (Å²) in [6.45, 7) is 6.57. The second-order valence-corrected chi connectivity index (χ2v) is 7.28. The summed E-state index contributed by atoms with van der Waals surface area (Å²) < 4.78 is 8.21. The van der Waals surface area contributed by atoms with Crippen molar-refractivity contribution in [2.45, 2.75) is 38.8 Å². The van der Waals surface area contributed by atoms with Crippen LogP contribution in [-0.4, -0.2) is 35.3 Å². The van der Waals surface area contributed by atoms with Gasteiger partial charge in [-0.25, -0.2) is 4.79 Å². The lowest BCUT2D eigenvalue weighted by molar-refractivity contribution is 0.0523. The second-order valence-electron chi connectivity index (χ2n) is 6.03. The first-order chi connectivity index (χ1) is 9.76. The van der Waals surface area contributed by atoms with Gasteiger partial charge in [0.25, 0.3) is 5.91 Å². The summed E-state index contributed by atoms with van der Waals surface area (Å²) in [4.78, 5) is 23.3. The molecule has 1 atom stereocenters. The summed E-state index contributed by atoms with van der Waals surface area (Å²) in [7, 11) is 0. The monoisotopic (exact) mass is 405 g/mol. The number of hydrogen-bond donors (Lipinski definition) is 2. The van der Waals surface area contributed by atoms with Crippen molar-refractivity contribution in [1.82, 2.24) is 15.2 Å². The zero-order valence-corrected chi connectivity index (χ0v) is 14.6. The highest BCUT2D eigenvalue weighted by atomic mass is 127. The van der Waals surface area contributed by atoms with Crippen molar-refractivity contribution in [2.75, 3.05) is 13.1 Å². The van der Waals surface area contributed by atoms with Gasteiger partial charge in [0.1, 0.15) is 11.3 Å². The van der Waals surface area contributed by atoms with E-state index < -0.39 is 11.7 Å². The molecule has 0 saturated heterocycles. The zero-order chi connectivity index (χ0) is 15.6. The van der Waals surface area contributed by atoms with Gasteiger partial charge in [0, 0.05) is 22.9 Å². The smallest absolute Gasteiger partial charge is 0.407 e. The Morgan fingerprint density at radius 2 is 2.29 bits per heavy atom. The summed E-state index contributed by atoms with van der Waals surface area (Å²) >= 11 is 2.19. The Morgan fingerprint density at radius 1 is 1.57 bits per heavy atom. The summed E-state index contributed by atoms with van der Waals surface area (Å²) in [5, 5.41) is 5.62. The molecule has 2 rings (SSSR count). The third kappa shape index (κ3) is 4.36. The number of nitrogens with one attached hydrogen (secondary N) is 2. The molecule has 1 aliphatic heterocycles. The number of aromatic nitrogens is 1. The number of fused-ring (bicyclic) bond motifs is 1. The SMILES string of the molecule is CC(C)(C)OC(=O)NCC[C@H]1CNC(=O)c2cc(I)cn21. The molecular weight excluding hydrogens is 385 g/mol. The van der Waals surface area contributed by atoms with E-state index in [4.69, 9.17) is 4.74 Å². The van der Waals surface area contributed by atoms with Gasteiger partial charge in [0.2, 0.25) is 0 Å². The first-order valence-corrected chi connectivity index (χ1v) is 7.96. The lowest BCUT2D eigenvalue weighted by atomic mass is 10.1. The Labute approximate surface area is 137 Å². The van der Waals surface area contributed by atoms with E-state index in [-0.39, 0.29) is 11.9 Å². The predicted octanol–water partition coefficient (Wildman–Crippen LogP) is 2.29. The molecule has 0 spiro atoms. The van der Waals surface area contributed by atoms with Crippen molar-refractivity contribution in [3.8, 4) is 0 Å². The first kappa shape index (κ1) is 16.1. The lowest BCUT2D eigenvalue weighted by Crippen LogP contribution is -2.40. The van der Waals surface area contributed by atoms with E-state index in [1.807, 2.05) is 37.6 Å². The van der Waals surface area contributed by atoms with E-state index in [0.717, 1.165) is 9.99 Å². The van der Waals surface area contributed by atoms with Gasteiger partial charge in [0.05, 0.1) is 6.04 Å². The molecule has 0 fully saturated rings. The first-order valence-electron chi connectivity index (χ1n) is 6.89. The molecular formula is C14H20IN3O3. The molecule has 7 heteroatoms. The number of halogens is 1. The van der Waals surface area contributed by atoms with Crippen molar-refractivity contribution < 1.29 is 14.3 Å². The molecule has 2 N–H and O–H groups in total. The van der Waals surface area contributed by atoms with Crippen molar-refractivity contribution in [3.63, 3.8) is 0 Å². The fraction of sp³-hybridized carbons (Fsp3) is 0.571. The highest BCUT2D eigenvalue weighted by Crippen LogP contribution is 2.22. The van der Waals surface area contributed by atoms with Crippen LogP contribution >= 0.6 is 22.6 Å². The Hall–Kier alpha value is -1.25. The van der Waals surface area contributed by atoms with Gasteiger partial charge in [-0.2, -0.15) is 0 Å². The van der Waals surface area contributed by atoms with Crippen LogP contribution in [0.25, 0.3) is 0 Å². The molecule has 116 valence electrons. The number of rotatable bonds is 3. The van der Waals surface area contributed by atoms with Crippen molar-refractivity contribution in [1.29, 1.82) is 0 Å². The molecule has 0 aromatic carbocycles. The van der Waals surface area contributed by atoms with Crippen molar-refractivity contribution in [2.24, 2.45) is 0 Å². The third-order valence-corrected chi connectivity index (χ3v) is 3.68. The maximum Gasteiger partial charge on any atom is 0.407 e. The molecule has 0 bridgehead atoms. The van der Waals surface area contributed by atoms with Gasteiger partial charge in [-0.15, -0.1) is 0 Å². The molecule has 2 heterocycles. The second kappa shape index (κ2) is 6.25. The summed E-state index contributed by atoms with van der Waals surface area (Å²) in [6, 6.07) is 2.01. The van der Waals surface area contributed by atoms with E-state index in [0.29, 0.717) is 18.8 Å². The summed E-state index contributed by atoms with van der Waals surface area (Å²) in [5.74, 6) is -0.0470. The Bertz CT molecular complexity index is 548. The zero-order valence-electron chi connectivity index (χ0n) is 12.4. The Morgan fingerprint density at radius 3 is 2.95 bits per heavy atom.